The zero-order valence-electron chi connectivity index (χ0n) is 16.5. The lowest BCUT2D eigenvalue weighted by atomic mass is 10.1. The van der Waals surface area contributed by atoms with Crippen molar-refractivity contribution in [3.05, 3.63) is 59.7 Å². The Morgan fingerprint density at radius 3 is 2.36 bits per heavy atom. The molecule has 0 bridgehead atoms. The quantitative estimate of drug-likeness (QED) is 0.609. The molecule has 0 unspecified atom stereocenters. The summed E-state index contributed by atoms with van der Waals surface area (Å²) in [5.41, 5.74) is 2.82. The lowest BCUT2D eigenvalue weighted by Crippen LogP contribution is -2.25. The summed E-state index contributed by atoms with van der Waals surface area (Å²) in [5.74, 6) is -0.476. The Morgan fingerprint density at radius 2 is 1.68 bits per heavy atom. The number of carbonyl (C=O) groups excluding carboxylic acids is 3. The van der Waals surface area contributed by atoms with Gasteiger partial charge in [-0.15, -0.1) is 0 Å². The van der Waals surface area contributed by atoms with Crippen LogP contribution in [-0.4, -0.2) is 24.3 Å². The van der Waals surface area contributed by atoms with E-state index in [0.717, 1.165) is 5.56 Å². The minimum absolute atomic E-state index is 0.0738. The number of benzene rings is 2. The molecular weight excluding hydrogens is 354 g/mol. The first kappa shape index (κ1) is 21.2. The Hall–Kier alpha value is -3.15. The van der Waals surface area contributed by atoms with Crippen molar-refractivity contribution in [2.45, 2.75) is 33.6 Å². The molecule has 148 valence electrons. The van der Waals surface area contributed by atoms with Gasteiger partial charge in [-0.2, -0.15) is 0 Å². The summed E-state index contributed by atoms with van der Waals surface area (Å²) >= 11 is 0. The first-order valence-corrected chi connectivity index (χ1v) is 9.41. The molecule has 3 N–H and O–H groups in total. The third-order valence-electron chi connectivity index (χ3n) is 4.21. The summed E-state index contributed by atoms with van der Waals surface area (Å²) in [6.07, 6.45) is 0.824. The highest BCUT2D eigenvalue weighted by molar-refractivity contribution is 5.95. The van der Waals surface area contributed by atoms with E-state index >= 15 is 0 Å². The Bertz CT molecular complexity index is 832. The highest BCUT2D eigenvalue weighted by Gasteiger charge is 2.10. The van der Waals surface area contributed by atoms with E-state index in [4.69, 9.17) is 0 Å². The highest BCUT2D eigenvalue weighted by Crippen LogP contribution is 2.21. The maximum absolute atomic E-state index is 12.2. The number of amides is 3. The largest absolute Gasteiger partial charge is 0.352 e. The standard InChI is InChI=1S/C22H27N3O3/c1-15(2)21(27)24-18-12-11-16(3)19(14-18)25-20(26)10-7-13-23-22(28)17-8-5-4-6-9-17/h4-6,8-9,11-12,14-15H,7,10,13H2,1-3H3,(H,23,28)(H,24,27)(H,25,26). The van der Waals surface area contributed by atoms with Crippen LogP contribution in [0.25, 0.3) is 0 Å². The molecule has 6 nitrogen and oxygen atoms in total. The smallest absolute Gasteiger partial charge is 0.251 e. The summed E-state index contributed by atoms with van der Waals surface area (Å²) in [4.78, 5) is 36.0. The van der Waals surface area contributed by atoms with Crippen LogP contribution in [0.5, 0.6) is 0 Å². The highest BCUT2D eigenvalue weighted by atomic mass is 16.2. The molecule has 0 fully saturated rings. The maximum Gasteiger partial charge on any atom is 0.251 e. The zero-order chi connectivity index (χ0) is 20.5. The van der Waals surface area contributed by atoms with Crippen LogP contribution < -0.4 is 16.0 Å². The minimum atomic E-state index is -0.148. The predicted molar refractivity (Wildman–Crippen MR) is 111 cm³/mol. The lowest BCUT2D eigenvalue weighted by molar-refractivity contribution is -0.119. The fourth-order valence-electron chi connectivity index (χ4n) is 2.48. The van der Waals surface area contributed by atoms with Gasteiger partial charge in [0.2, 0.25) is 11.8 Å². The van der Waals surface area contributed by atoms with Gasteiger partial charge < -0.3 is 16.0 Å². The second-order valence-electron chi connectivity index (χ2n) is 6.95. The molecule has 3 amide bonds. The molecule has 6 heteroatoms. The van der Waals surface area contributed by atoms with Crippen molar-refractivity contribution in [1.82, 2.24) is 5.32 Å². The van der Waals surface area contributed by atoms with Gasteiger partial charge >= 0.3 is 0 Å². The lowest BCUT2D eigenvalue weighted by Gasteiger charge is -2.13. The molecule has 0 aromatic heterocycles. The molecule has 0 saturated carbocycles. The number of anilines is 2. The van der Waals surface area contributed by atoms with Crippen LogP contribution in [-0.2, 0) is 9.59 Å². The molecule has 2 aromatic carbocycles. The van der Waals surface area contributed by atoms with Crippen molar-refractivity contribution in [2.75, 3.05) is 17.2 Å². The van der Waals surface area contributed by atoms with Gasteiger partial charge in [-0.3, -0.25) is 14.4 Å². The summed E-state index contributed by atoms with van der Waals surface area (Å²) < 4.78 is 0. The summed E-state index contributed by atoms with van der Waals surface area (Å²) in [7, 11) is 0. The monoisotopic (exact) mass is 381 g/mol. The van der Waals surface area contributed by atoms with E-state index in [0.29, 0.717) is 29.9 Å². The molecule has 2 aromatic rings. The van der Waals surface area contributed by atoms with Crippen LogP contribution in [0.4, 0.5) is 11.4 Å². The first-order chi connectivity index (χ1) is 13.4. The fraction of sp³-hybridized carbons (Fsp3) is 0.318. The summed E-state index contributed by atoms with van der Waals surface area (Å²) in [5, 5.41) is 8.50. The van der Waals surface area contributed by atoms with Crippen molar-refractivity contribution in [2.24, 2.45) is 5.92 Å². The van der Waals surface area contributed by atoms with E-state index in [1.807, 2.05) is 51.1 Å². The molecule has 2 rings (SSSR count). The first-order valence-electron chi connectivity index (χ1n) is 9.41. The van der Waals surface area contributed by atoms with Crippen molar-refractivity contribution in [3.63, 3.8) is 0 Å². The summed E-state index contributed by atoms with van der Waals surface area (Å²) in [6, 6.07) is 14.4. The third kappa shape index (κ3) is 6.54. The van der Waals surface area contributed by atoms with Crippen LogP contribution in [0.3, 0.4) is 0 Å². The molecule has 28 heavy (non-hydrogen) atoms. The molecule has 0 heterocycles. The normalized spacial score (nSPS) is 10.4. The number of hydrogen-bond donors (Lipinski definition) is 3. The minimum Gasteiger partial charge on any atom is -0.352 e. The van der Waals surface area contributed by atoms with Crippen LogP contribution in [0.15, 0.2) is 48.5 Å². The van der Waals surface area contributed by atoms with Gasteiger partial charge in [-0.25, -0.2) is 0 Å². The number of nitrogens with one attached hydrogen (secondary N) is 3. The van der Waals surface area contributed by atoms with Gasteiger partial charge in [0.25, 0.3) is 5.91 Å². The van der Waals surface area contributed by atoms with Gasteiger partial charge in [0, 0.05) is 35.8 Å². The van der Waals surface area contributed by atoms with E-state index in [9.17, 15) is 14.4 Å². The Labute approximate surface area is 165 Å². The molecule has 0 saturated heterocycles. The number of hydrogen-bond acceptors (Lipinski definition) is 3. The average Bonchev–Trinajstić information content (AvgIpc) is 2.68. The number of rotatable bonds is 8. The average molecular weight is 381 g/mol. The fourth-order valence-corrected chi connectivity index (χ4v) is 2.48. The summed E-state index contributed by atoms with van der Waals surface area (Å²) in [6.45, 7) is 5.96. The van der Waals surface area contributed by atoms with Crippen molar-refractivity contribution >= 4 is 29.1 Å². The van der Waals surface area contributed by atoms with Crippen molar-refractivity contribution < 1.29 is 14.4 Å². The third-order valence-corrected chi connectivity index (χ3v) is 4.21. The van der Waals surface area contributed by atoms with Gasteiger partial charge in [0.05, 0.1) is 0 Å². The number of aryl methyl sites for hydroxylation is 1. The van der Waals surface area contributed by atoms with Gasteiger partial charge in [-0.1, -0.05) is 38.1 Å². The second-order valence-corrected chi connectivity index (χ2v) is 6.95. The Morgan fingerprint density at radius 1 is 0.964 bits per heavy atom. The van der Waals surface area contributed by atoms with Gasteiger partial charge in [0.15, 0.2) is 0 Å². The van der Waals surface area contributed by atoms with Crippen LogP contribution >= 0.6 is 0 Å². The van der Waals surface area contributed by atoms with E-state index in [1.54, 1.807) is 18.2 Å². The van der Waals surface area contributed by atoms with Crippen LogP contribution in [0.2, 0.25) is 0 Å². The Kier molecular flexibility index (Phi) is 7.75. The second kappa shape index (κ2) is 10.3. The molecule has 0 aliphatic rings. The van der Waals surface area contributed by atoms with Crippen molar-refractivity contribution in [3.8, 4) is 0 Å². The maximum atomic E-state index is 12.2. The zero-order valence-corrected chi connectivity index (χ0v) is 16.5. The molecule has 0 spiro atoms. The molecule has 0 radical (unpaired) electrons. The van der Waals surface area contributed by atoms with Crippen molar-refractivity contribution in [1.29, 1.82) is 0 Å². The van der Waals surface area contributed by atoms with Crippen LogP contribution in [0, 0.1) is 12.8 Å². The number of carbonyl (C=O) groups is 3. The van der Waals surface area contributed by atoms with Crippen LogP contribution in [0.1, 0.15) is 42.6 Å². The van der Waals surface area contributed by atoms with E-state index < -0.39 is 0 Å². The predicted octanol–water partition coefficient (Wildman–Crippen LogP) is 3.74. The molecule has 0 aliphatic heterocycles. The topological polar surface area (TPSA) is 87.3 Å². The molecule has 0 atom stereocenters. The van der Waals surface area contributed by atoms with Gasteiger partial charge in [0.1, 0.15) is 0 Å². The van der Waals surface area contributed by atoms with E-state index in [2.05, 4.69) is 16.0 Å². The van der Waals surface area contributed by atoms with E-state index in [1.165, 1.54) is 0 Å². The SMILES string of the molecule is Cc1ccc(NC(=O)C(C)C)cc1NC(=O)CCCNC(=O)c1ccccc1. The molecular formula is C22H27N3O3. The van der Waals surface area contributed by atoms with E-state index in [-0.39, 0.29) is 30.1 Å². The van der Waals surface area contributed by atoms with Gasteiger partial charge in [-0.05, 0) is 43.2 Å². The molecule has 0 aliphatic carbocycles. The Balaban J connectivity index is 1.81.